The first kappa shape index (κ1) is 12.4. The van der Waals surface area contributed by atoms with Crippen molar-refractivity contribution in [2.24, 2.45) is 5.41 Å². The van der Waals surface area contributed by atoms with Gasteiger partial charge in [0.1, 0.15) is 6.61 Å². The van der Waals surface area contributed by atoms with Gasteiger partial charge in [0, 0.05) is 6.54 Å². The Kier molecular flexibility index (Phi) is 3.50. The minimum Gasteiger partial charge on any atom is -0.481 e. The molecule has 0 unspecified atom stereocenters. The molecule has 1 amide bonds. The minimum atomic E-state index is -0.856. The van der Waals surface area contributed by atoms with Gasteiger partial charge in [-0.05, 0) is 18.4 Å². The number of hydrogen-bond acceptors (Lipinski definition) is 3. The van der Waals surface area contributed by atoms with Crippen LogP contribution >= 0.6 is 0 Å². The van der Waals surface area contributed by atoms with Crippen molar-refractivity contribution in [2.45, 2.75) is 19.4 Å². The molecule has 1 aromatic carbocycles. The van der Waals surface area contributed by atoms with Crippen molar-refractivity contribution >= 4 is 12.1 Å². The van der Waals surface area contributed by atoms with E-state index >= 15 is 0 Å². The maximum absolute atomic E-state index is 11.4. The van der Waals surface area contributed by atoms with Crippen LogP contribution in [0.5, 0.6) is 0 Å². The molecule has 0 bridgehead atoms. The average Bonchev–Trinajstić information content (AvgIpc) is 3.16. The molecule has 2 N–H and O–H groups in total. The summed E-state index contributed by atoms with van der Waals surface area (Å²) in [6.45, 7) is 0.322. The Labute approximate surface area is 105 Å². The fourth-order valence-corrected chi connectivity index (χ4v) is 1.63. The van der Waals surface area contributed by atoms with Crippen LogP contribution in [0.3, 0.4) is 0 Å². The van der Waals surface area contributed by atoms with Gasteiger partial charge in [0.2, 0.25) is 0 Å². The zero-order chi connectivity index (χ0) is 13.0. The average molecular weight is 249 g/mol. The van der Waals surface area contributed by atoms with E-state index in [0.717, 1.165) is 5.56 Å². The lowest BCUT2D eigenvalue weighted by molar-refractivity contribution is -0.143. The Morgan fingerprint density at radius 1 is 1.28 bits per heavy atom. The van der Waals surface area contributed by atoms with Gasteiger partial charge in [-0.2, -0.15) is 0 Å². The second-order valence-electron chi connectivity index (χ2n) is 4.50. The molecule has 1 fully saturated rings. The lowest BCUT2D eigenvalue weighted by atomic mass is 10.1. The van der Waals surface area contributed by atoms with Crippen LogP contribution in [0, 0.1) is 5.41 Å². The minimum absolute atomic E-state index is 0.135. The zero-order valence-corrected chi connectivity index (χ0v) is 9.89. The summed E-state index contributed by atoms with van der Waals surface area (Å²) in [4.78, 5) is 22.3. The number of carboxylic acids is 1. The summed E-state index contributed by atoms with van der Waals surface area (Å²) >= 11 is 0. The molecule has 5 heteroatoms. The first-order chi connectivity index (χ1) is 8.62. The smallest absolute Gasteiger partial charge is 0.407 e. The van der Waals surface area contributed by atoms with Crippen LogP contribution in [0.4, 0.5) is 4.79 Å². The van der Waals surface area contributed by atoms with Crippen molar-refractivity contribution in [1.82, 2.24) is 5.32 Å². The van der Waals surface area contributed by atoms with Crippen molar-refractivity contribution in [3.05, 3.63) is 35.9 Å². The number of nitrogens with one attached hydrogen (secondary N) is 1. The van der Waals surface area contributed by atoms with Crippen LogP contribution in [-0.4, -0.2) is 23.7 Å². The van der Waals surface area contributed by atoms with E-state index in [1.165, 1.54) is 0 Å². The molecule has 0 aromatic heterocycles. The van der Waals surface area contributed by atoms with Crippen LogP contribution in [0.25, 0.3) is 0 Å². The fraction of sp³-hybridized carbons (Fsp3) is 0.385. The summed E-state index contributed by atoms with van der Waals surface area (Å²) < 4.78 is 4.99. The fourth-order valence-electron chi connectivity index (χ4n) is 1.63. The van der Waals surface area contributed by atoms with Crippen LogP contribution in [-0.2, 0) is 16.1 Å². The molecule has 2 rings (SSSR count). The predicted molar refractivity (Wildman–Crippen MR) is 63.9 cm³/mol. The number of carbonyl (C=O) groups is 2. The molecule has 0 aliphatic heterocycles. The number of benzene rings is 1. The molecule has 5 nitrogen and oxygen atoms in total. The lowest BCUT2D eigenvalue weighted by Gasteiger charge is -2.11. The van der Waals surface area contributed by atoms with E-state index in [0.29, 0.717) is 12.8 Å². The van der Waals surface area contributed by atoms with Gasteiger partial charge >= 0.3 is 12.1 Å². The summed E-state index contributed by atoms with van der Waals surface area (Å²) in [5.41, 5.74) is 0.137. The first-order valence-electron chi connectivity index (χ1n) is 5.80. The molecule has 0 saturated heterocycles. The molecule has 0 spiro atoms. The van der Waals surface area contributed by atoms with Crippen molar-refractivity contribution in [2.75, 3.05) is 6.54 Å². The SMILES string of the molecule is O=C(NCC1(C(=O)O)CC1)OCc1ccccc1. The molecule has 1 aliphatic carbocycles. The van der Waals surface area contributed by atoms with Gasteiger partial charge < -0.3 is 15.2 Å². The molecule has 1 saturated carbocycles. The van der Waals surface area contributed by atoms with Crippen molar-refractivity contribution < 1.29 is 19.4 Å². The van der Waals surface area contributed by atoms with E-state index in [9.17, 15) is 9.59 Å². The lowest BCUT2D eigenvalue weighted by Crippen LogP contribution is -2.34. The van der Waals surface area contributed by atoms with Crippen molar-refractivity contribution in [1.29, 1.82) is 0 Å². The highest BCUT2D eigenvalue weighted by Crippen LogP contribution is 2.45. The van der Waals surface area contributed by atoms with E-state index in [4.69, 9.17) is 9.84 Å². The molecular formula is C13H15NO4. The molecule has 1 aliphatic rings. The Bertz CT molecular complexity index is 440. The Morgan fingerprint density at radius 3 is 2.50 bits per heavy atom. The molecule has 96 valence electrons. The number of alkyl carbamates (subject to hydrolysis) is 1. The monoisotopic (exact) mass is 249 g/mol. The third kappa shape index (κ3) is 3.00. The molecular weight excluding hydrogens is 234 g/mol. The van der Waals surface area contributed by atoms with E-state index in [1.807, 2.05) is 30.3 Å². The third-order valence-corrected chi connectivity index (χ3v) is 3.09. The predicted octanol–water partition coefficient (Wildman–Crippen LogP) is 1.78. The number of amides is 1. The van der Waals surface area contributed by atoms with Crippen LogP contribution in [0.2, 0.25) is 0 Å². The van der Waals surface area contributed by atoms with Gasteiger partial charge in [0.05, 0.1) is 5.41 Å². The Balaban J connectivity index is 1.72. The standard InChI is InChI=1S/C13H15NO4/c15-11(16)13(6-7-13)9-14-12(17)18-8-10-4-2-1-3-5-10/h1-5H,6-9H2,(H,14,17)(H,15,16). The van der Waals surface area contributed by atoms with E-state index in [1.54, 1.807) is 0 Å². The quantitative estimate of drug-likeness (QED) is 0.834. The van der Waals surface area contributed by atoms with E-state index in [2.05, 4.69) is 5.32 Å². The Hall–Kier alpha value is -2.04. The van der Waals surface area contributed by atoms with E-state index < -0.39 is 17.5 Å². The number of aliphatic carboxylic acids is 1. The first-order valence-corrected chi connectivity index (χ1v) is 5.80. The molecule has 0 heterocycles. The normalized spacial score (nSPS) is 15.8. The van der Waals surface area contributed by atoms with E-state index in [-0.39, 0.29) is 13.2 Å². The third-order valence-electron chi connectivity index (χ3n) is 3.09. The largest absolute Gasteiger partial charge is 0.481 e. The topological polar surface area (TPSA) is 75.6 Å². The summed E-state index contributed by atoms with van der Waals surface area (Å²) in [7, 11) is 0. The van der Waals surface area contributed by atoms with Gasteiger partial charge in [-0.15, -0.1) is 0 Å². The highest BCUT2D eigenvalue weighted by molar-refractivity contribution is 5.79. The summed E-state index contributed by atoms with van der Waals surface area (Å²) in [5, 5.41) is 11.4. The summed E-state index contributed by atoms with van der Waals surface area (Å²) in [5.74, 6) is -0.856. The summed E-state index contributed by atoms with van der Waals surface area (Å²) in [6.07, 6.45) is 0.647. The number of rotatable bonds is 5. The van der Waals surface area contributed by atoms with Crippen LogP contribution in [0.15, 0.2) is 30.3 Å². The zero-order valence-electron chi connectivity index (χ0n) is 9.89. The highest BCUT2D eigenvalue weighted by Gasteiger charge is 2.50. The molecule has 0 atom stereocenters. The molecule has 18 heavy (non-hydrogen) atoms. The second kappa shape index (κ2) is 5.08. The maximum atomic E-state index is 11.4. The number of carboxylic acid groups (broad SMARTS) is 1. The maximum Gasteiger partial charge on any atom is 0.407 e. The van der Waals surface area contributed by atoms with Crippen molar-refractivity contribution in [3.8, 4) is 0 Å². The number of ether oxygens (including phenoxy) is 1. The number of carbonyl (C=O) groups excluding carboxylic acids is 1. The van der Waals surface area contributed by atoms with Crippen molar-refractivity contribution in [3.63, 3.8) is 0 Å². The number of hydrogen-bond donors (Lipinski definition) is 2. The Morgan fingerprint density at radius 2 is 1.94 bits per heavy atom. The summed E-state index contributed by atoms with van der Waals surface area (Å²) in [6, 6.07) is 9.31. The highest BCUT2D eigenvalue weighted by atomic mass is 16.5. The van der Waals surface area contributed by atoms with Gasteiger partial charge in [-0.25, -0.2) is 4.79 Å². The molecule has 1 aromatic rings. The second-order valence-corrected chi connectivity index (χ2v) is 4.50. The van der Waals surface area contributed by atoms with Crippen LogP contribution < -0.4 is 5.32 Å². The van der Waals surface area contributed by atoms with Gasteiger partial charge in [0.15, 0.2) is 0 Å². The van der Waals surface area contributed by atoms with Gasteiger partial charge in [-0.1, -0.05) is 30.3 Å². The van der Waals surface area contributed by atoms with Crippen LogP contribution in [0.1, 0.15) is 18.4 Å². The van der Waals surface area contributed by atoms with Gasteiger partial charge in [0.25, 0.3) is 0 Å². The van der Waals surface area contributed by atoms with Gasteiger partial charge in [-0.3, -0.25) is 4.79 Å². The molecule has 0 radical (unpaired) electrons.